The van der Waals surface area contributed by atoms with Crippen molar-refractivity contribution in [3.63, 3.8) is 0 Å². The predicted molar refractivity (Wildman–Crippen MR) is 102 cm³/mol. The average molecular weight is 373 g/mol. The molecule has 0 aliphatic carbocycles. The first-order valence-corrected chi connectivity index (χ1v) is 8.26. The molecule has 0 bridgehead atoms. The SMILES string of the molecule is COC(=O)c1cc(-c2ccc(/C=C/C(=O)c3ccc(C#N)cc3)o2)ccc1O. The number of methoxy groups -OCH3 is 1. The van der Waals surface area contributed by atoms with E-state index in [0.717, 1.165) is 0 Å². The minimum absolute atomic E-state index is 0.0319. The van der Waals surface area contributed by atoms with E-state index in [2.05, 4.69) is 4.74 Å². The van der Waals surface area contributed by atoms with Gasteiger partial charge in [-0.1, -0.05) is 0 Å². The number of ether oxygens (including phenoxy) is 1. The number of nitriles is 1. The lowest BCUT2D eigenvalue weighted by Gasteiger charge is -2.04. The van der Waals surface area contributed by atoms with Crippen molar-refractivity contribution in [1.82, 2.24) is 0 Å². The molecule has 138 valence electrons. The van der Waals surface area contributed by atoms with Crippen molar-refractivity contribution in [2.45, 2.75) is 0 Å². The number of phenols is 1. The normalized spacial score (nSPS) is 10.6. The number of carbonyl (C=O) groups is 2. The fourth-order valence-corrected chi connectivity index (χ4v) is 2.52. The molecular formula is C22H15NO5. The van der Waals surface area contributed by atoms with Gasteiger partial charge in [0.05, 0.1) is 18.7 Å². The van der Waals surface area contributed by atoms with E-state index < -0.39 is 5.97 Å². The first-order valence-electron chi connectivity index (χ1n) is 8.26. The summed E-state index contributed by atoms with van der Waals surface area (Å²) in [4.78, 5) is 23.9. The number of rotatable bonds is 5. The third-order valence-electron chi connectivity index (χ3n) is 4.01. The van der Waals surface area contributed by atoms with E-state index in [1.807, 2.05) is 6.07 Å². The first kappa shape index (κ1) is 18.7. The van der Waals surface area contributed by atoms with E-state index >= 15 is 0 Å². The van der Waals surface area contributed by atoms with Crippen molar-refractivity contribution in [2.75, 3.05) is 7.11 Å². The molecule has 1 N–H and O–H groups in total. The molecule has 0 fully saturated rings. The zero-order valence-corrected chi connectivity index (χ0v) is 14.9. The standard InChI is InChI=1S/C22H15NO5/c1-27-22(26)18-12-16(6-9-20(18)25)21-11-8-17(28-21)7-10-19(24)15-4-2-14(13-23)3-5-15/h2-12,25H,1H3/b10-7+. The molecule has 0 saturated heterocycles. The summed E-state index contributed by atoms with van der Waals surface area (Å²) >= 11 is 0. The first-order chi connectivity index (χ1) is 13.5. The fourth-order valence-electron chi connectivity index (χ4n) is 2.52. The third-order valence-corrected chi connectivity index (χ3v) is 4.01. The van der Waals surface area contributed by atoms with Gasteiger partial charge in [-0.25, -0.2) is 4.79 Å². The molecule has 0 radical (unpaired) electrons. The molecule has 2 aromatic carbocycles. The summed E-state index contributed by atoms with van der Waals surface area (Å²) in [7, 11) is 1.23. The largest absolute Gasteiger partial charge is 0.507 e. The van der Waals surface area contributed by atoms with Crippen LogP contribution in [0.1, 0.15) is 32.0 Å². The number of allylic oxidation sites excluding steroid dienone is 1. The van der Waals surface area contributed by atoms with Crippen LogP contribution >= 0.6 is 0 Å². The Hall–Kier alpha value is -4.11. The number of hydrogen-bond acceptors (Lipinski definition) is 6. The van der Waals surface area contributed by atoms with Gasteiger partial charge in [-0.05, 0) is 66.7 Å². The van der Waals surface area contributed by atoms with E-state index in [1.165, 1.54) is 31.4 Å². The zero-order chi connectivity index (χ0) is 20.1. The molecule has 3 aromatic rings. The van der Waals surface area contributed by atoms with Crippen molar-refractivity contribution in [3.05, 3.63) is 83.1 Å². The van der Waals surface area contributed by atoms with Crippen molar-refractivity contribution in [1.29, 1.82) is 5.26 Å². The minimum atomic E-state index is -0.654. The quantitative estimate of drug-likeness (QED) is 0.408. The Bertz CT molecular complexity index is 1100. The molecule has 0 aliphatic rings. The monoisotopic (exact) mass is 373 g/mol. The number of esters is 1. The van der Waals surface area contributed by atoms with Crippen LogP contribution in [0.4, 0.5) is 0 Å². The summed E-state index contributed by atoms with van der Waals surface area (Å²) < 4.78 is 10.3. The lowest BCUT2D eigenvalue weighted by Crippen LogP contribution is -2.01. The van der Waals surface area contributed by atoms with E-state index in [9.17, 15) is 14.7 Å². The van der Waals surface area contributed by atoms with E-state index in [0.29, 0.717) is 28.2 Å². The van der Waals surface area contributed by atoms with Gasteiger partial charge in [0.15, 0.2) is 5.78 Å². The lowest BCUT2D eigenvalue weighted by molar-refractivity contribution is 0.0597. The van der Waals surface area contributed by atoms with Crippen LogP contribution in [-0.4, -0.2) is 24.0 Å². The summed E-state index contributed by atoms with van der Waals surface area (Å²) in [5, 5.41) is 18.6. The maximum Gasteiger partial charge on any atom is 0.341 e. The molecule has 1 heterocycles. The molecule has 0 amide bonds. The maximum absolute atomic E-state index is 12.2. The van der Waals surface area contributed by atoms with Crippen LogP contribution in [0.2, 0.25) is 0 Å². The highest BCUT2D eigenvalue weighted by atomic mass is 16.5. The highest BCUT2D eigenvalue weighted by Crippen LogP contribution is 2.28. The molecule has 6 nitrogen and oxygen atoms in total. The molecule has 1 aromatic heterocycles. The Balaban J connectivity index is 1.78. The van der Waals surface area contributed by atoms with Crippen molar-refractivity contribution < 1.29 is 23.8 Å². The molecular weight excluding hydrogens is 358 g/mol. The van der Waals surface area contributed by atoms with Crippen LogP contribution in [0.5, 0.6) is 5.75 Å². The van der Waals surface area contributed by atoms with Gasteiger partial charge in [0.1, 0.15) is 22.8 Å². The lowest BCUT2D eigenvalue weighted by atomic mass is 10.1. The Morgan fingerprint density at radius 2 is 1.86 bits per heavy atom. The van der Waals surface area contributed by atoms with Gasteiger partial charge in [-0.15, -0.1) is 0 Å². The summed E-state index contributed by atoms with van der Waals surface area (Å²) in [6.07, 6.45) is 2.91. The van der Waals surface area contributed by atoms with Gasteiger partial charge < -0.3 is 14.3 Å². The summed E-state index contributed by atoms with van der Waals surface area (Å²) in [6.45, 7) is 0. The number of aromatic hydroxyl groups is 1. The molecule has 6 heteroatoms. The third kappa shape index (κ3) is 4.00. The fraction of sp³-hybridized carbons (Fsp3) is 0.0455. The van der Waals surface area contributed by atoms with Crippen LogP contribution in [-0.2, 0) is 4.74 Å². The maximum atomic E-state index is 12.2. The minimum Gasteiger partial charge on any atom is -0.507 e. The van der Waals surface area contributed by atoms with Crippen molar-refractivity contribution >= 4 is 17.8 Å². The number of carbonyl (C=O) groups excluding carboxylic acids is 2. The molecule has 0 aliphatic heterocycles. The van der Waals surface area contributed by atoms with Gasteiger partial charge >= 0.3 is 5.97 Å². The smallest absolute Gasteiger partial charge is 0.341 e. The van der Waals surface area contributed by atoms with Gasteiger partial charge in [0.2, 0.25) is 0 Å². The average Bonchev–Trinajstić information content (AvgIpc) is 3.21. The van der Waals surface area contributed by atoms with Crippen LogP contribution < -0.4 is 0 Å². The second-order valence-electron chi connectivity index (χ2n) is 5.81. The number of furan rings is 1. The number of benzene rings is 2. The number of hydrogen-bond donors (Lipinski definition) is 1. The number of nitrogens with zero attached hydrogens (tertiary/aromatic N) is 1. The number of ketones is 1. The molecule has 0 spiro atoms. The van der Waals surface area contributed by atoms with Crippen molar-refractivity contribution in [3.8, 4) is 23.1 Å². The molecule has 3 rings (SSSR count). The Morgan fingerprint density at radius 1 is 1.11 bits per heavy atom. The summed E-state index contributed by atoms with van der Waals surface area (Å²) in [6, 6.07) is 16.2. The predicted octanol–water partition coefficient (Wildman–Crippen LogP) is 4.21. The zero-order valence-electron chi connectivity index (χ0n) is 14.9. The van der Waals surface area contributed by atoms with Gasteiger partial charge in [-0.2, -0.15) is 5.26 Å². The molecule has 0 unspecified atom stereocenters. The van der Waals surface area contributed by atoms with Crippen LogP contribution in [0.15, 0.2) is 65.1 Å². The van der Waals surface area contributed by atoms with Crippen LogP contribution in [0, 0.1) is 11.3 Å². The van der Waals surface area contributed by atoms with Crippen LogP contribution in [0.3, 0.4) is 0 Å². The summed E-state index contributed by atoms with van der Waals surface area (Å²) in [5.74, 6) is -0.144. The second kappa shape index (κ2) is 8.06. The Morgan fingerprint density at radius 3 is 2.54 bits per heavy atom. The number of phenolic OH excluding ortho intramolecular Hbond substituents is 1. The molecule has 28 heavy (non-hydrogen) atoms. The highest BCUT2D eigenvalue weighted by Gasteiger charge is 2.14. The summed E-state index contributed by atoms with van der Waals surface area (Å²) in [5.41, 5.74) is 1.56. The van der Waals surface area contributed by atoms with Gasteiger partial charge in [0.25, 0.3) is 0 Å². The van der Waals surface area contributed by atoms with E-state index in [1.54, 1.807) is 42.5 Å². The van der Waals surface area contributed by atoms with E-state index in [-0.39, 0.29) is 17.1 Å². The van der Waals surface area contributed by atoms with E-state index in [4.69, 9.17) is 9.68 Å². The Kier molecular flexibility index (Phi) is 5.38. The Labute approximate surface area is 160 Å². The van der Waals surface area contributed by atoms with Gasteiger partial charge in [-0.3, -0.25) is 4.79 Å². The van der Waals surface area contributed by atoms with Crippen molar-refractivity contribution in [2.24, 2.45) is 0 Å². The molecule has 0 saturated carbocycles. The topological polar surface area (TPSA) is 101 Å². The second-order valence-corrected chi connectivity index (χ2v) is 5.81. The highest BCUT2D eigenvalue weighted by molar-refractivity contribution is 6.06. The van der Waals surface area contributed by atoms with Crippen LogP contribution in [0.25, 0.3) is 17.4 Å². The van der Waals surface area contributed by atoms with Gasteiger partial charge in [0, 0.05) is 11.1 Å². The molecule has 0 atom stereocenters.